The summed E-state index contributed by atoms with van der Waals surface area (Å²) in [6.07, 6.45) is -0.155. The summed E-state index contributed by atoms with van der Waals surface area (Å²) in [5.74, 6) is -0.691. The Morgan fingerprint density at radius 2 is 1.96 bits per heavy atom. The highest BCUT2D eigenvalue weighted by Gasteiger charge is 2.27. The molecule has 0 aliphatic carbocycles. The summed E-state index contributed by atoms with van der Waals surface area (Å²) in [7, 11) is 0. The van der Waals surface area contributed by atoms with Crippen LogP contribution in [0.3, 0.4) is 0 Å². The summed E-state index contributed by atoms with van der Waals surface area (Å²) in [6.45, 7) is -0.454. The SMILES string of the molecule is O=C(COC(=O)CCc1ccsc1)NNC(=O)[C@H]1COc2ccccc2O1. The quantitative estimate of drug-likeness (QED) is 0.568. The number of thiophene rings is 1. The van der Waals surface area contributed by atoms with Crippen molar-refractivity contribution in [2.24, 2.45) is 0 Å². The van der Waals surface area contributed by atoms with Gasteiger partial charge in [0, 0.05) is 6.42 Å². The summed E-state index contributed by atoms with van der Waals surface area (Å²) in [5.41, 5.74) is 5.45. The van der Waals surface area contributed by atoms with Crippen LogP contribution < -0.4 is 20.3 Å². The van der Waals surface area contributed by atoms with E-state index in [9.17, 15) is 14.4 Å². The van der Waals surface area contributed by atoms with E-state index < -0.39 is 30.5 Å². The molecule has 0 radical (unpaired) electrons. The average molecular weight is 390 g/mol. The van der Waals surface area contributed by atoms with Crippen molar-refractivity contribution in [2.75, 3.05) is 13.2 Å². The van der Waals surface area contributed by atoms with E-state index in [2.05, 4.69) is 10.9 Å². The van der Waals surface area contributed by atoms with Crippen LogP contribution >= 0.6 is 11.3 Å². The maximum atomic E-state index is 12.0. The van der Waals surface area contributed by atoms with Crippen molar-refractivity contribution in [1.82, 2.24) is 10.9 Å². The van der Waals surface area contributed by atoms with Crippen LogP contribution in [-0.4, -0.2) is 37.1 Å². The molecule has 0 fully saturated rings. The van der Waals surface area contributed by atoms with E-state index in [1.165, 1.54) is 0 Å². The molecule has 0 saturated heterocycles. The lowest BCUT2D eigenvalue weighted by atomic mass is 10.2. The largest absolute Gasteiger partial charge is 0.485 e. The molecular formula is C18H18N2O6S. The Hall–Kier alpha value is -3.07. The Labute approximate surface area is 159 Å². The van der Waals surface area contributed by atoms with Gasteiger partial charge >= 0.3 is 5.97 Å². The van der Waals surface area contributed by atoms with E-state index in [0.29, 0.717) is 17.9 Å². The molecule has 1 aliphatic heterocycles. The van der Waals surface area contributed by atoms with E-state index in [-0.39, 0.29) is 13.0 Å². The predicted molar refractivity (Wildman–Crippen MR) is 96.2 cm³/mol. The molecule has 8 nitrogen and oxygen atoms in total. The summed E-state index contributed by atoms with van der Waals surface area (Å²) < 4.78 is 15.8. The summed E-state index contributed by atoms with van der Waals surface area (Å²) >= 11 is 1.55. The Bertz CT molecular complexity index is 808. The highest BCUT2D eigenvalue weighted by molar-refractivity contribution is 7.07. The molecule has 0 saturated carbocycles. The fraction of sp³-hybridized carbons (Fsp3) is 0.278. The molecular weight excluding hydrogens is 372 g/mol. The molecule has 2 N–H and O–H groups in total. The van der Waals surface area contributed by atoms with Crippen molar-refractivity contribution in [3.8, 4) is 11.5 Å². The molecule has 0 bridgehead atoms. The topological polar surface area (TPSA) is 103 Å². The minimum Gasteiger partial charge on any atom is -0.485 e. The number of hydrazine groups is 1. The van der Waals surface area contributed by atoms with Crippen LogP contribution in [-0.2, 0) is 25.5 Å². The maximum absolute atomic E-state index is 12.0. The molecule has 9 heteroatoms. The Morgan fingerprint density at radius 3 is 2.74 bits per heavy atom. The van der Waals surface area contributed by atoms with Crippen LogP contribution in [0.1, 0.15) is 12.0 Å². The van der Waals surface area contributed by atoms with Gasteiger partial charge in [0.05, 0.1) is 0 Å². The van der Waals surface area contributed by atoms with Gasteiger partial charge < -0.3 is 14.2 Å². The Morgan fingerprint density at radius 1 is 1.15 bits per heavy atom. The van der Waals surface area contributed by atoms with Crippen LogP contribution in [0.2, 0.25) is 0 Å². The van der Waals surface area contributed by atoms with Crippen molar-refractivity contribution < 1.29 is 28.6 Å². The van der Waals surface area contributed by atoms with Crippen LogP contribution in [0.25, 0.3) is 0 Å². The lowest BCUT2D eigenvalue weighted by molar-refractivity contribution is -0.149. The average Bonchev–Trinajstić information content (AvgIpc) is 3.22. The molecule has 1 aliphatic rings. The van der Waals surface area contributed by atoms with Gasteiger partial charge in [-0.25, -0.2) is 0 Å². The number of hydrogen-bond acceptors (Lipinski definition) is 7. The van der Waals surface area contributed by atoms with Gasteiger partial charge in [-0.3, -0.25) is 25.2 Å². The number of ether oxygens (including phenoxy) is 3. The third-order valence-electron chi connectivity index (χ3n) is 3.69. The van der Waals surface area contributed by atoms with Crippen molar-refractivity contribution in [1.29, 1.82) is 0 Å². The zero-order valence-electron chi connectivity index (χ0n) is 14.3. The van der Waals surface area contributed by atoms with Gasteiger partial charge in [0.2, 0.25) is 6.10 Å². The van der Waals surface area contributed by atoms with Gasteiger partial charge in [-0.15, -0.1) is 0 Å². The number of benzene rings is 1. The van der Waals surface area contributed by atoms with E-state index in [1.54, 1.807) is 35.6 Å². The Balaban J connectivity index is 1.34. The van der Waals surface area contributed by atoms with Crippen LogP contribution in [0.4, 0.5) is 0 Å². The maximum Gasteiger partial charge on any atom is 0.306 e. The molecule has 27 heavy (non-hydrogen) atoms. The van der Waals surface area contributed by atoms with Gasteiger partial charge in [-0.05, 0) is 40.9 Å². The number of nitrogens with one attached hydrogen (secondary N) is 2. The minimum atomic E-state index is -0.895. The molecule has 3 rings (SSSR count). The number of fused-ring (bicyclic) bond motifs is 1. The van der Waals surface area contributed by atoms with E-state index in [4.69, 9.17) is 14.2 Å². The third-order valence-corrected chi connectivity index (χ3v) is 4.42. The number of aryl methyl sites for hydroxylation is 1. The monoisotopic (exact) mass is 390 g/mol. The van der Waals surface area contributed by atoms with Gasteiger partial charge in [0.25, 0.3) is 11.8 Å². The normalized spacial score (nSPS) is 14.9. The van der Waals surface area contributed by atoms with Crippen LogP contribution in [0.15, 0.2) is 41.1 Å². The standard InChI is InChI=1S/C18H18N2O6S/c21-16(10-25-17(22)6-5-12-7-8-27-11-12)19-20-18(23)15-9-24-13-3-1-2-4-14(13)26-15/h1-4,7-8,11,15H,5-6,9-10H2,(H,19,21)(H,20,23)/t15-/m1/s1. The second-order valence-corrected chi connectivity index (χ2v) is 6.47. The van der Waals surface area contributed by atoms with Gasteiger partial charge in [0.15, 0.2) is 18.1 Å². The third kappa shape index (κ3) is 5.45. The number of rotatable bonds is 6. The van der Waals surface area contributed by atoms with Crippen molar-refractivity contribution in [3.05, 3.63) is 46.7 Å². The van der Waals surface area contributed by atoms with Crippen molar-refractivity contribution in [3.63, 3.8) is 0 Å². The zero-order chi connectivity index (χ0) is 19.1. The first-order valence-electron chi connectivity index (χ1n) is 8.25. The predicted octanol–water partition coefficient (Wildman–Crippen LogP) is 1.21. The number of esters is 1. The molecule has 2 amide bonds. The van der Waals surface area contributed by atoms with Crippen molar-refractivity contribution >= 4 is 29.1 Å². The first-order chi connectivity index (χ1) is 13.1. The van der Waals surface area contributed by atoms with E-state index in [0.717, 1.165) is 5.56 Å². The number of carbonyl (C=O) groups excluding carboxylic acids is 3. The summed E-state index contributed by atoms with van der Waals surface area (Å²) in [6, 6.07) is 8.90. The number of para-hydroxylation sites is 2. The second-order valence-electron chi connectivity index (χ2n) is 5.69. The van der Waals surface area contributed by atoms with Crippen LogP contribution in [0.5, 0.6) is 11.5 Å². The smallest absolute Gasteiger partial charge is 0.306 e. The lowest BCUT2D eigenvalue weighted by Gasteiger charge is -2.25. The highest BCUT2D eigenvalue weighted by Crippen LogP contribution is 2.30. The summed E-state index contributed by atoms with van der Waals surface area (Å²) in [5, 5.41) is 3.88. The number of carbonyl (C=O) groups is 3. The zero-order valence-corrected chi connectivity index (χ0v) is 15.1. The number of amides is 2. The molecule has 2 aromatic rings. The minimum absolute atomic E-state index is 0.0241. The van der Waals surface area contributed by atoms with Crippen LogP contribution in [0, 0.1) is 0 Å². The molecule has 1 aromatic carbocycles. The molecule has 2 heterocycles. The molecule has 142 valence electrons. The lowest BCUT2D eigenvalue weighted by Crippen LogP contribution is -2.51. The second kappa shape index (κ2) is 9.04. The fourth-order valence-corrected chi connectivity index (χ4v) is 3.00. The Kier molecular flexibility index (Phi) is 6.26. The highest BCUT2D eigenvalue weighted by atomic mass is 32.1. The van der Waals surface area contributed by atoms with E-state index >= 15 is 0 Å². The van der Waals surface area contributed by atoms with Gasteiger partial charge in [-0.2, -0.15) is 11.3 Å². The fourth-order valence-electron chi connectivity index (χ4n) is 2.30. The summed E-state index contributed by atoms with van der Waals surface area (Å²) in [4.78, 5) is 35.4. The molecule has 1 atom stereocenters. The first-order valence-corrected chi connectivity index (χ1v) is 9.20. The molecule has 0 unspecified atom stereocenters. The first kappa shape index (κ1) is 18.7. The van der Waals surface area contributed by atoms with Crippen molar-refractivity contribution in [2.45, 2.75) is 18.9 Å². The van der Waals surface area contributed by atoms with E-state index in [1.807, 2.05) is 16.8 Å². The van der Waals surface area contributed by atoms with Gasteiger partial charge in [0.1, 0.15) is 6.61 Å². The van der Waals surface area contributed by atoms with Gasteiger partial charge in [-0.1, -0.05) is 12.1 Å². The number of hydrogen-bond donors (Lipinski definition) is 2. The molecule has 0 spiro atoms. The molecule has 1 aromatic heterocycles.